The predicted octanol–water partition coefficient (Wildman–Crippen LogP) is 1.53. The van der Waals surface area contributed by atoms with E-state index in [9.17, 15) is 8.78 Å². The van der Waals surface area contributed by atoms with Crippen molar-refractivity contribution in [2.45, 2.75) is 18.9 Å². The summed E-state index contributed by atoms with van der Waals surface area (Å²) in [6, 6.07) is 5.11. The number of para-hydroxylation sites is 1. The van der Waals surface area contributed by atoms with E-state index in [1.54, 1.807) is 18.2 Å². The normalized spacial score (nSPS) is 19.3. The number of benzene rings is 1. The van der Waals surface area contributed by atoms with Gasteiger partial charge in [-0.2, -0.15) is 15.0 Å². The molecule has 0 aliphatic carbocycles. The van der Waals surface area contributed by atoms with E-state index in [0.717, 1.165) is 6.42 Å². The maximum atomic E-state index is 14.0. The number of nitrogens with zero attached hydrogens (tertiary/aromatic N) is 7. The number of aromatic nitrogens is 5. The summed E-state index contributed by atoms with van der Waals surface area (Å²) >= 11 is 0. The van der Waals surface area contributed by atoms with E-state index in [0.29, 0.717) is 68.1 Å². The Morgan fingerprint density at radius 3 is 2.41 bits per heavy atom. The number of nitrogens with two attached hydrogens (primary N) is 1. The molecular formula is C20H24F2N8O2. The van der Waals surface area contributed by atoms with Gasteiger partial charge in [0.1, 0.15) is 11.3 Å². The number of imidazole rings is 1. The van der Waals surface area contributed by atoms with Gasteiger partial charge in [-0.1, -0.05) is 6.07 Å². The second-order valence-corrected chi connectivity index (χ2v) is 7.76. The van der Waals surface area contributed by atoms with Crippen LogP contribution in [0.15, 0.2) is 18.2 Å². The summed E-state index contributed by atoms with van der Waals surface area (Å²) in [4.78, 5) is 21.9. The van der Waals surface area contributed by atoms with Crippen LogP contribution in [0.25, 0.3) is 17.0 Å². The molecule has 0 amide bonds. The lowest BCUT2D eigenvalue weighted by Crippen LogP contribution is -2.38. The number of morpholine rings is 1. The SMILES string of the molecule is COc1cccc2c1nc(C(F)F)n2-c1nc(N2CCOCC2)nc(N2CC[C@H](N)C2)n1. The molecule has 2 fully saturated rings. The molecule has 0 radical (unpaired) electrons. The molecule has 2 saturated heterocycles. The molecule has 2 N–H and O–H groups in total. The Hall–Kier alpha value is -3.12. The maximum Gasteiger partial charge on any atom is 0.296 e. The van der Waals surface area contributed by atoms with Crippen LogP contribution in [0.3, 0.4) is 0 Å². The van der Waals surface area contributed by atoms with Gasteiger partial charge in [-0.05, 0) is 18.6 Å². The van der Waals surface area contributed by atoms with Crippen molar-refractivity contribution in [2.75, 3.05) is 56.3 Å². The van der Waals surface area contributed by atoms with E-state index >= 15 is 0 Å². The molecule has 1 atom stereocenters. The van der Waals surface area contributed by atoms with Crippen molar-refractivity contribution < 1.29 is 18.3 Å². The van der Waals surface area contributed by atoms with Gasteiger partial charge < -0.3 is 25.0 Å². The largest absolute Gasteiger partial charge is 0.494 e. The zero-order valence-corrected chi connectivity index (χ0v) is 17.6. The number of halogens is 2. The molecule has 2 aliphatic rings. The third-order valence-corrected chi connectivity index (χ3v) is 5.69. The van der Waals surface area contributed by atoms with Crippen LogP contribution in [0.5, 0.6) is 5.75 Å². The molecule has 3 aromatic rings. The highest BCUT2D eigenvalue weighted by Crippen LogP contribution is 2.32. The van der Waals surface area contributed by atoms with Crippen LogP contribution in [0, 0.1) is 0 Å². The second kappa shape index (κ2) is 8.43. The van der Waals surface area contributed by atoms with Crippen molar-refractivity contribution in [3.05, 3.63) is 24.0 Å². The second-order valence-electron chi connectivity index (χ2n) is 7.76. The Kier molecular flexibility index (Phi) is 5.47. The summed E-state index contributed by atoms with van der Waals surface area (Å²) in [6.45, 7) is 3.56. The Morgan fingerprint density at radius 1 is 1.03 bits per heavy atom. The van der Waals surface area contributed by atoms with E-state index in [-0.39, 0.29) is 12.0 Å². The highest BCUT2D eigenvalue weighted by Gasteiger charge is 2.28. The lowest BCUT2D eigenvalue weighted by Gasteiger charge is -2.28. The van der Waals surface area contributed by atoms with Gasteiger partial charge in [-0.15, -0.1) is 0 Å². The lowest BCUT2D eigenvalue weighted by molar-refractivity contribution is 0.122. The summed E-state index contributed by atoms with van der Waals surface area (Å²) in [5, 5.41) is 0. The van der Waals surface area contributed by atoms with Crippen LogP contribution < -0.4 is 20.3 Å². The van der Waals surface area contributed by atoms with Gasteiger partial charge in [0.25, 0.3) is 6.43 Å². The van der Waals surface area contributed by atoms with Crippen molar-refractivity contribution in [1.82, 2.24) is 24.5 Å². The van der Waals surface area contributed by atoms with Crippen LogP contribution in [0.2, 0.25) is 0 Å². The number of methoxy groups -OCH3 is 1. The smallest absolute Gasteiger partial charge is 0.296 e. The predicted molar refractivity (Wildman–Crippen MR) is 114 cm³/mol. The van der Waals surface area contributed by atoms with E-state index in [2.05, 4.69) is 19.9 Å². The van der Waals surface area contributed by atoms with Crippen molar-refractivity contribution >= 4 is 22.9 Å². The third kappa shape index (κ3) is 3.69. The summed E-state index contributed by atoms with van der Waals surface area (Å²) < 4.78 is 40.1. The quantitative estimate of drug-likeness (QED) is 0.624. The van der Waals surface area contributed by atoms with E-state index < -0.39 is 12.2 Å². The van der Waals surface area contributed by atoms with Gasteiger partial charge in [-0.3, -0.25) is 4.57 Å². The molecule has 0 unspecified atom stereocenters. The summed E-state index contributed by atoms with van der Waals surface area (Å²) in [6.07, 6.45) is -2.03. The molecule has 12 heteroatoms. The molecule has 2 aliphatic heterocycles. The molecule has 170 valence electrons. The molecule has 0 spiro atoms. The topological polar surface area (TPSA) is 107 Å². The first kappa shape index (κ1) is 20.8. The van der Waals surface area contributed by atoms with E-state index in [1.807, 2.05) is 9.80 Å². The Labute approximate surface area is 183 Å². The van der Waals surface area contributed by atoms with E-state index in [1.165, 1.54) is 11.7 Å². The standard InChI is InChI=1S/C20H24F2N8O2/c1-31-14-4-2-3-13-15(14)24-17(16(21)22)30(13)20-26-18(28-7-9-32-10-8-28)25-19(27-20)29-6-5-12(23)11-29/h2-4,12,16H,5-11,23H2,1H3/t12-/m0/s1. The molecule has 0 bridgehead atoms. The van der Waals surface area contributed by atoms with Gasteiger partial charge in [0.05, 0.1) is 25.8 Å². The monoisotopic (exact) mass is 446 g/mol. The Morgan fingerprint density at radius 2 is 1.75 bits per heavy atom. The highest BCUT2D eigenvalue weighted by molar-refractivity contribution is 5.84. The minimum absolute atomic E-state index is 0.0111. The van der Waals surface area contributed by atoms with Crippen molar-refractivity contribution in [1.29, 1.82) is 0 Å². The van der Waals surface area contributed by atoms with Crippen LogP contribution in [-0.4, -0.2) is 77.0 Å². The van der Waals surface area contributed by atoms with Crippen LogP contribution >= 0.6 is 0 Å². The molecule has 10 nitrogen and oxygen atoms in total. The first-order valence-corrected chi connectivity index (χ1v) is 10.5. The third-order valence-electron chi connectivity index (χ3n) is 5.69. The lowest BCUT2D eigenvalue weighted by atomic mass is 10.3. The minimum Gasteiger partial charge on any atom is -0.494 e. The fourth-order valence-electron chi connectivity index (χ4n) is 4.07. The first-order chi connectivity index (χ1) is 15.5. The van der Waals surface area contributed by atoms with Crippen LogP contribution in [0.4, 0.5) is 20.7 Å². The zero-order chi connectivity index (χ0) is 22.2. The van der Waals surface area contributed by atoms with Crippen molar-refractivity contribution in [2.24, 2.45) is 5.73 Å². The Bertz CT molecular complexity index is 1100. The molecule has 32 heavy (non-hydrogen) atoms. The van der Waals surface area contributed by atoms with Gasteiger partial charge in [0, 0.05) is 32.2 Å². The number of ether oxygens (including phenoxy) is 2. The number of hydrogen-bond acceptors (Lipinski definition) is 9. The molecule has 5 rings (SSSR count). The molecular weight excluding hydrogens is 422 g/mol. The van der Waals surface area contributed by atoms with Gasteiger partial charge in [0.2, 0.25) is 17.8 Å². The molecule has 4 heterocycles. The number of hydrogen-bond donors (Lipinski definition) is 1. The van der Waals surface area contributed by atoms with Gasteiger partial charge >= 0.3 is 0 Å². The Balaban J connectivity index is 1.70. The van der Waals surface area contributed by atoms with Gasteiger partial charge in [-0.25, -0.2) is 13.8 Å². The zero-order valence-electron chi connectivity index (χ0n) is 17.6. The fraction of sp³-hybridized carbons (Fsp3) is 0.500. The number of anilines is 2. The fourth-order valence-corrected chi connectivity index (χ4v) is 4.07. The molecule has 0 saturated carbocycles. The average molecular weight is 446 g/mol. The number of rotatable bonds is 5. The van der Waals surface area contributed by atoms with Crippen LogP contribution in [0.1, 0.15) is 18.7 Å². The molecule has 1 aromatic carbocycles. The summed E-state index contributed by atoms with van der Waals surface area (Å²) in [7, 11) is 1.48. The van der Waals surface area contributed by atoms with Crippen LogP contribution in [-0.2, 0) is 4.74 Å². The maximum absolute atomic E-state index is 14.0. The minimum atomic E-state index is -2.83. The molecule has 2 aromatic heterocycles. The number of fused-ring (bicyclic) bond motifs is 1. The summed E-state index contributed by atoms with van der Waals surface area (Å²) in [5.74, 6) is 0.861. The first-order valence-electron chi connectivity index (χ1n) is 10.5. The average Bonchev–Trinajstić information content (AvgIpc) is 3.43. The van der Waals surface area contributed by atoms with Crippen molar-refractivity contribution in [3.8, 4) is 11.7 Å². The van der Waals surface area contributed by atoms with Crippen molar-refractivity contribution in [3.63, 3.8) is 0 Å². The summed E-state index contributed by atoms with van der Waals surface area (Å²) in [5.41, 5.74) is 6.83. The highest BCUT2D eigenvalue weighted by atomic mass is 19.3. The van der Waals surface area contributed by atoms with E-state index in [4.69, 9.17) is 15.2 Å². The number of alkyl halides is 2. The van der Waals surface area contributed by atoms with Gasteiger partial charge in [0.15, 0.2) is 5.82 Å².